The smallest absolute Gasteiger partial charge is 0.416 e. The van der Waals surface area contributed by atoms with Gasteiger partial charge in [0.15, 0.2) is 5.58 Å². The summed E-state index contributed by atoms with van der Waals surface area (Å²) >= 11 is 0. The highest BCUT2D eigenvalue weighted by molar-refractivity contribution is 5.92. The first-order valence-corrected chi connectivity index (χ1v) is 11.7. The molecule has 0 radical (unpaired) electrons. The van der Waals surface area contributed by atoms with Gasteiger partial charge in [0.1, 0.15) is 5.52 Å². The fraction of sp³-hybridized carbons (Fsp3) is 0.440. The third-order valence-corrected chi connectivity index (χ3v) is 6.75. The molecule has 0 unspecified atom stereocenters. The molecule has 2 aliphatic rings. The summed E-state index contributed by atoms with van der Waals surface area (Å²) in [4.78, 5) is 21.3. The standard InChI is InChI=1S/C25H27F3N4O2/c26-25(27,28)20-4-1-17(2-5-20)16-31-11-13-32(14-12-31)24(33)23-30-21-6-3-19(15-22(21)34-23)18-7-9-29-10-8-18/h1-6,15,18,29H,7-14,16H2. The number of piperidine rings is 1. The average Bonchev–Trinajstić information content (AvgIpc) is 3.28. The van der Waals surface area contributed by atoms with Crippen LogP contribution < -0.4 is 5.32 Å². The van der Waals surface area contributed by atoms with Crippen LogP contribution in [0.3, 0.4) is 0 Å². The Balaban J connectivity index is 1.19. The zero-order chi connectivity index (χ0) is 23.7. The summed E-state index contributed by atoms with van der Waals surface area (Å²) in [6.07, 6.45) is -2.16. The van der Waals surface area contributed by atoms with E-state index in [9.17, 15) is 18.0 Å². The molecule has 180 valence electrons. The summed E-state index contributed by atoms with van der Waals surface area (Å²) in [6.45, 7) is 4.85. The first kappa shape index (κ1) is 22.9. The van der Waals surface area contributed by atoms with E-state index >= 15 is 0 Å². The molecule has 5 rings (SSSR count). The largest absolute Gasteiger partial charge is 0.432 e. The van der Waals surface area contributed by atoms with E-state index in [-0.39, 0.29) is 11.8 Å². The Morgan fingerprint density at radius 3 is 2.41 bits per heavy atom. The third-order valence-electron chi connectivity index (χ3n) is 6.75. The van der Waals surface area contributed by atoms with Crippen molar-refractivity contribution < 1.29 is 22.4 Å². The fourth-order valence-electron chi connectivity index (χ4n) is 4.74. The molecule has 3 aromatic rings. The van der Waals surface area contributed by atoms with Crippen molar-refractivity contribution in [1.29, 1.82) is 0 Å². The Morgan fingerprint density at radius 2 is 1.74 bits per heavy atom. The lowest BCUT2D eigenvalue weighted by molar-refractivity contribution is -0.137. The number of piperazine rings is 1. The molecule has 2 aromatic carbocycles. The minimum atomic E-state index is -4.33. The Bertz CT molecular complexity index is 1150. The minimum absolute atomic E-state index is 0.105. The lowest BCUT2D eigenvalue weighted by Crippen LogP contribution is -2.48. The number of aromatic nitrogens is 1. The lowest BCUT2D eigenvalue weighted by atomic mass is 9.90. The van der Waals surface area contributed by atoms with Crippen LogP contribution in [-0.2, 0) is 12.7 Å². The number of oxazole rings is 1. The Kier molecular flexibility index (Phi) is 6.31. The fourth-order valence-corrected chi connectivity index (χ4v) is 4.74. The summed E-state index contributed by atoms with van der Waals surface area (Å²) in [5, 5.41) is 3.37. The number of benzene rings is 2. The number of alkyl halides is 3. The topological polar surface area (TPSA) is 61.6 Å². The summed E-state index contributed by atoms with van der Waals surface area (Å²) in [5.74, 6) is 0.370. The van der Waals surface area contributed by atoms with Crippen LogP contribution in [-0.4, -0.2) is 60.0 Å². The first-order chi connectivity index (χ1) is 16.4. The quantitative estimate of drug-likeness (QED) is 0.615. The lowest BCUT2D eigenvalue weighted by Gasteiger charge is -2.34. The maximum Gasteiger partial charge on any atom is 0.416 e. The summed E-state index contributed by atoms with van der Waals surface area (Å²) in [6, 6.07) is 11.3. The molecule has 0 aliphatic carbocycles. The van der Waals surface area contributed by atoms with Crippen molar-refractivity contribution in [1.82, 2.24) is 20.1 Å². The van der Waals surface area contributed by atoms with Gasteiger partial charge in [0.2, 0.25) is 0 Å². The van der Waals surface area contributed by atoms with Gasteiger partial charge in [-0.15, -0.1) is 0 Å². The van der Waals surface area contributed by atoms with Gasteiger partial charge >= 0.3 is 12.1 Å². The van der Waals surface area contributed by atoms with E-state index in [4.69, 9.17) is 4.42 Å². The minimum Gasteiger partial charge on any atom is -0.432 e. The molecule has 0 spiro atoms. The van der Waals surface area contributed by atoms with E-state index in [1.54, 1.807) is 4.90 Å². The van der Waals surface area contributed by atoms with Crippen LogP contribution in [0, 0.1) is 0 Å². The Labute approximate surface area is 195 Å². The maximum atomic E-state index is 13.0. The van der Waals surface area contributed by atoms with Gasteiger partial charge in [-0.25, -0.2) is 4.98 Å². The maximum absolute atomic E-state index is 13.0. The normalized spacial score (nSPS) is 18.5. The van der Waals surface area contributed by atoms with Crippen molar-refractivity contribution in [2.45, 2.75) is 31.5 Å². The average molecular weight is 473 g/mol. The molecule has 0 bridgehead atoms. The number of hydrogen-bond acceptors (Lipinski definition) is 5. The number of fused-ring (bicyclic) bond motifs is 1. The van der Waals surface area contributed by atoms with E-state index in [0.717, 1.165) is 43.6 Å². The second kappa shape index (κ2) is 9.38. The van der Waals surface area contributed by atoms with E-state index in [1.165, 1.54) is 17.7 Å². The number of nitrogens with one attached hydrogen (secondary N) is 1. The van der Waals surface area contributed by atoms with Gasteiger partial charge in [-0.2, -0.15) is 13.2 Å². The third kappa shape index (κ3) is 4.95. The van der Waals surface area contributed by atoms with Crippen molar-refractivity contribution in [3.63, 3.8) is 0 Å². The molecule has 1 N–H and O–H groups in total. The number of rotatable bonds is 4. The molecule has 2 aliphatic heterocycles. The molecule has 0 atom stereocenters. The highest BCUT2D eigenvalue weighted by Gasteiger charge is 2.30. The molecule has 9 heteroatoms. The zero-order valence-electron chi connectivity index (χ0n) is 18.8. The molecular formula is C25H27F3N4O2. The van der Waals surface area contributed by atoms with Crippen LogP contribution in [0.4, 0.5) is 13.2 Å². The van der Waals surface area contributed by atoms with E-state index < -0.39 is 11.7 Å². The van der Waals surface area contributed by atoms with E-state index in [2.05, 4.69) is 21.3 Å². The molecule has 34 heavy (non-hydrogen) atoms. The summed E-state index contributed by atoms with van der Waals surface area (Å²) < 4.78 is 44.1. The summed E-state index contributed by atoms with van der Waals surface area (Å²) in [5.41, 5.74) is 2.72. The van der Waals surface area contributed by atoms with Gasteiger partial charge < -0.3 is 14.6 Å². The predicted molar refractivity (Wildman–Crippen MR) is 121 cm³/mol. The number of amides is 1. The molecule has 1 amide bonds. The van der Waals surface area contributed by atoms with Crippen LogP contribution in [0.25, 0.3) is 11.1 Å². The Morgan fingerprint density at radius 1 is 1.03 bits per heavy atom. The molecule has 3 heterocycles. The highest BCUT2D eigenvalue weighted by Crippen LogP contribution is 2.30. The van der Waals surface area contributed by atoms with E-state index in [1.807, 2.05) is 12.1 Å². The van der Waals surface area contributed by atoms with Crippen LogP contribution in [0.2, 0.25) is 0 Å². The van der Waals surface area contributed by atoms with Crippen LogP contribution in [0.1, 0.15) is 46.1 Å². The number of carbonyl (C=O) groups excluding carboxylic acids is 1. The second-order valence-corrected chi connectivity index (χ2v) is 9.03. The molecule has 2 saturated heterocycles. The number of hydrogen-bond donors (Lipinski definition) is 1. The molecule has 0 saturated carbocycles. The first-order valence-electron chi connectivity index (χ1n) is 11.7. The molecule has 2 fully saturated rings. The second-order valence-electron chi connectivity index (χ2n) is 9.03. The van der Waals surface area contributed by atoms with Crippen molar-refractivity contribution in [2.24, 2.45) is 0 Å². The summed E-state index contributed by atoms with van der Waals surface area (Å²) in [7, 11) is 0. The van der Waals surface area contributed by atoms with Gasteiger partial charge in [0.05, 0.1) is 5.56 Å². The number of carbonyl (C=O) groups is 1. The molecule has 1 aromatic heterocycles. The van der Waals surface area contributed by atoms with Crippen molar-refractivity contribution in [2.75, 3.05) is 39.3 Å². The van der Waals surface area contributed by atoms with Crippen LogP contribution in [0.5, 0.6) is 0 Å². The van der Waals surface area contributed by atoms with Crippen molar-refractivity contribution in [3.05, 3.63) is 65.0 Å². The van der Waals surface area contributed by atoms with Gasteiger partial charge in [-0.3, -0.25) is 9.69 Å². The zero-order valence-corrected chi connectivity index (χ0v) is 18.8. The number of nitrogens with zero attached hydrogens (tertiary/aromatic N) is 3. The van der Waals surface area contributed by atoms with Crippen LogP contribution >= 0.6 is 0 Å². The van der Waals surface area contributed by atoms with Gasteiger partial charge in [0.25, 0.3) is 5.89 Å². The SMILES string of the molecule is O=C(c1nc2ccc(C3CCNCC3)cc2o1)N1CCN(Cc2ccc(C(F)(F)F)cc2)CC1. The van der Waals surface area contributed by atoms with Gasteiger partial charge in [-0.05, 0) is 67.2 Å². The molecule has 6 nitrogen and oxygen atoms in total. The Hall–Kier alpha value is -2.91. The predicted octanol–water partition coefficient (Wildman–Crippen LogP) is 4.27. The van der Waals surface area contributed by atoms with Gasteiger partial charge in [-0.1, -0.05) is 18.2 Å². The number of halogens is 3. The highest BCUT2D eigenvalue weighted by atomic mass is 19.4. The van der Waals surface area contributed by atoms with Gasteiger partial charge in [0, 0.05) is 32.7 Å². The van der Waals surface area contributed by atoms with Crippen molar-refractivity contribution >= 4 is 17.0 Å². The van der Waals surface area contributed by atoms with E-state index in [0.29, 0.717) is 49.7 Å². The van der Waals surface area contributed by atoms with Crippen molar-refractivity contribution in [3.8, 4) is 0 Å². The molecular weight excluding hydrogens is 445 g/mol. The van der Waals surface area contributed by atoms with Crippen LogP contribution in [0.15, 0.2) is 46.9 Å². The monoisotopic (exact) mass is 472 g/mol.